The van der Waals surface area contributed by atoms with Crippen molar-refractivity contribution >= 4 is 11.9 Å². The average Bonchev–Trinajstić information content (AvgIpc) is 2.34. The van der Waals surface area contributed by atoms with Crippen molar-refractivity contribution in [2.24, 2.45) is 5.73 Å². The third-order valence-electron chi connectivity index (χ3n) is 2.48. The largest absolute Gasteiger partial charge is 0.467 e. The molecule has 0 saturated heterocycles. The first kappa shape index (κ1) is 13.0. The molecular formula is C12H17N3O2. The number of nitrogens with two attached hydrogens (primary N) is 1. The van der Waals surface area contributed by atoms with Crippen molar-refractivity contribution in [1.82, 2.24) is 5.32 Å². The van der Waals surface area contributed by atoms with Crippen LogP contribution in [-0.4, -0.2) is 19.0 Å². The molecule has 1 unspecified atom stereocenters. The van der Waals surface area contributed by atoms with E-state index in [9.17, 15) is 4.79 Å². The van der Waals surface area contributed by atoms with Crippen molar-refractivity contribution in [3.63, 3.8) is 0 Å². The van der Waals surface area contributed by atoms with Crippen LogP contribution in [0.3, 0.4) is 0 Å². The first-order valence-electron chi connectivity index (χ1n) is 5.36. The number of ether oxygens (including phenoxy) is 1. The summed E-state index contributed by atoms with van der Waals surface area (Å²) in [6, 6.07) is 6.79. The Morgan fingerprint density at radius 3 is 2.71 bits per heavy atom. The summed E-state index contributed by atoms with van der Waals surface area (Å²) >= 11 is 0. The Bertz CT molecular complexity index is 418. The number of hydrogen-bond acceptors (Lipinski definition) is 3. The van der Waals surface area contributed by atoms with Gasteiger partial charge in [-0.15, -0.1) is 0 Å². The summed E-state index contributed by atoms with van der Waals surface area (Å²) in [7, 11) is 1.31. The predicted octanol–water partition coefficient (Wildman–Crippen LogP) is 0.946. The number of aryl methyl sites for hydroxylation is 1. The molecule has 0 amide bonds. The van der Waals surface area contributed by atoms with E-state index in [0.717, 1.165) is 17.5 Å². The Morgan fingerprint density at radius 1 is 1.53 bits per heavy atom. The fourth-order valence-electron chi connectivity index (χ4n) is 1.67. The van der Waals surface area contributed by atoms with Crippen LogP contribution >= 0.6 is 0 Å². The lowest BCUT2D eigenvalue weighted by Gasteiger charge is -2.19. The highest BCUT2D eigenvalue weighted by Crippen LogP contribution is 2.19. The van der Waals surface area contributed by atoms with Crippen LogP contribution in [0.25, 0.3) is 0 Å². The maximum atomic E-state index is 11.7. The molecule has 0 aromatic heterocycles. The molecule has 1 atom stereocenters. The quantitative estimate of drug-likeness (QED) is 0.412. The van der Waals surface area contributed by atoms with Gasteiger partial charge in [0.25, 0.3) is 0 Å². The van der Waals surface area contributed by atoms with E-state index < -0.39 is 12.0 Å². The SMILES string of the molecule is CCc1ccccc1C(NC(=N)N)C(=O)OC. The Balaban J connectivity index is 3.11. The van der Waals surface area contributed by atoms with Gasteiger partial charge in [-0.1, -0.05) is 31.2 Å². The molecule has 1 rings (SSSR count). The van der Waals surface area contributed by atoms with Crippen LogP contribution in [0.1, 0.15) is 24.1 Å². The van der Waals surface area contributed by atoms with Crippen LogP contribution in [0.5, 0.6) is 0 Å². The molecule has 0 spiro atoms. The smallest absolute Gasteiger partial charge is 0.333 e. The summed E-state index contributed by atoms with van der Waals surface area (Å²) < 4.78 is 4.71. The number of esters is 1. The molecule has 1 aromatic carbocycles. The lowest BCUT2D eigenvalue weighted by molar-refractivity contribution is -0.142. The minimum absolute atomic E-state index is 0.258. The van der Waals surface area contributed by atoms with E-state index in [2.05, 4.69) is 5.32 Å². The summed E-state index contributed by atoms with van der Waals surface area (Å²) in [5.74, 6) is -0.715. The van der Waals surface area contributed by atoms with Crippen molar-refractivity contribution in [1.29, 1.82) is 5.41 Å². The van der Waals surface area contributed by atoms with Gasteiger partial charge in [-0.2, -0.15) is 0 Å². The Hall–Kier alpha value is -2.04. The number of guanidine groups is 1. The molecule has 0 fully saturated rings. The van der Waals surface area contributed by atoms with Gasteiger partial charge in [0, 0.05) is 0 Å². The van der Waals surface area contributed by atoms with Crippen molar-refractivity contribution in [3.8, 4) is 0 Å². The maximum Gasteiger partial charge on any atom is 0.333 e. The van der Waals surface area contributed by atoms with Crippen LogP contribution in [0.15, 0.2) is 24.3 Å². The van der Waals surface area contributed by atoms with Crippen LogP contribution in [-0.2, 0) is 16.0 Å². The summed E-state index contributed by atoms with van der Waals surface area (Å²) in [6.45, 7) is 2.00. The van der Waals surface area contributed by atoms with Gasteiger partial charge in [-0.25, -0.2) is 4.79 Å². The molecule has 17 heavy (non-hydrogen) atoms. The van der Waals surface area contributed by atoms with Crippen molar-refractivity contribution in [2.45, 2.75) is 19.4 Å². The highest BCUT2D eigenvalue weighted by atomic mass is 16.5. The first-order chi connectivity index (χ1) is 8.10. The second kappa shape index (κ2) is 5.89. The number of rotatable bonds is 4. The van der Waals surface area contributed by atoms with Crippen LogP contribution in [0.2, 0.25) is 0 Å². The zero-order chi connectivity index (χ0) is 12.8. The minimum Gasteiger partial charge on any atom is -0.467 e. The third kappa shape index (κ3) is 3.21. The van der Waals surface area contributed by atoms with E-state index >= 15 is 0 Å². The molecule has 92 valence electrons. The molecular weight excluding hydrogens is 218 g/mol. The Kier molecular flexibility index (Phi) is 4.51. The van der Waals surface area contributed by atoms with Gasteiger partial charge in [0.2, 0.25) is 0 Å². The fourth-order valence-corrected chi connectivity index (χ4v) is 1.67. The summed E-state index contributed by atoms with van der Waals surface area (Å²) in [6.07, 6.45) is 0.795. The van der Waals surface area contributed by atoms with Gasteiger partial charge in [0.05, 0.1) is 7.11 Å². The van der Waals surface area contributed by atoms with Crippen LogP contribution < -0.4 is 11.1 Å². The summed E-state index contributed by atoms with van der Waals surface area (Å²) in [4.78, 5) is 11.7. The van der Waals surface area contributed by atoms with Gasteiger partial charge < -0.3 is 15.8 Å². The molecule has 5 heteroatoms. The molecule has 0 radical (unpaired) electrons. The molecule has 0 aliphatic carbocycles. The van der Waals surface area contributed by atoms with E-state index in [1.165, 1.54) is 7.11 Å². The van der Waals surface area contributed by atoms with Crippen LogP contribution in [0.4, 0.5) is 0 Å². The lowest BCUT2D eigenvalue weighted by atomic mass is 9.98. The maximum absolute atomic E-state index is 11.7. The standard InChI is InChI=1S/C12H17N3O2/c1-3-8-6-4-5-7-9(8)10(11(16)17-2)15-12(13)14/h4-7,10H,3H2,1-2H3,(H4,13,14,15). The van der Waals surface area contributed by atoms with E-state index in [-0.39, 0.29) is 5.96 Å². The van der Waals surface area contributed by atoms with Gasteiger partial charge in [0.15, 0.2) is 12.0 Å². The zero-order valence-electron chi connectivity index (χ0n) is 9.99. The molecule has 0 saturated carbocycles. The number of benzene rings is 1. The monoisotopic (exact) mass is 235 g/mol. The van der Waals surface area contributed by atoms with E-state index in [1.807, 2.05) is 31.2 Å². The molecule has 0 aliphatic rings. The molecule has 4 N–H and O–H groups in total. The molecule has 0 bridgehead atoms. The van der Waals surface area contributed by atoms with Gasteiger partial charge >= 0.3 is 5.97 Å². The number of hydrogen-bond donors (Lipinski definition) is 3. The normalized spacial score (nSPS) is 11.6. The Morgan fingerprint density at radius 2 is 2.18 bits per heavy atom. The fraction of sp³-hybridized carbons (Fsp3) is 0.333. The lowest BCUT2D eigenvalue weighted by Crippen LogP contribution is -2.38. The second-order valence-electron chi connectivity index (χ2n) is 3.57. The highest BCUT2D eigenvalue weighted by molar-refractivity contribution is 5.85. The highest BCUT2D eigenvalue weighted by Gasteiger charge is 2.23. The van der Waals surface area contributed by atoms with E-state index in [1.54, 1.807) is 0 Å². The minimum atomic E-state index is -0.728. The van der Waals surface area contributed by atoms with Crippen molar-refractivity contribution in [3.05, 3.63) is 35.4 Å². The van der Waals surface area contributed by atoms with Crippen molar-refractivity contribution < 1.29 is 9.53 Å². The van der Waals surface area contributed by atoms with Gasteiger partial charge in [-0.05, 0) is 17.5 Å². The van der Waals surface area contributed by atoms with Gasteiger partial charge in [-0.3, -0.25) is 5.41 Å². The van der Waals surface area contributed by atoms with Gasteiger partial charge in [0.1, 0.15) is 0 Å². The zero-order valence-corrected chi connectivity index (χ0v) is 9.99. The van der Waals surface area contributed by atoms with Crippen molar-refractivity contribution in [2.75, 3.05) is 7.11 Å². The summed E-state index contributed by atoms with van der Waals surface area (Å²) in [5, 5.41) is 9.84. The summed E-state index contributed by atoms with van der Waals surface area (Å²) in [5.41, 5.74) is 7.09. The third-order valence-corrected chi connectivity index (χ3v) is 2.48. The molecule has 0 aliphatic heterocycles. The molecule has 0 heterocycles. The molecule has 1 aromatic rings. The number of methoxy groups -OCH3 is 1. The molecule has 5 nitrogen and oxygen atoms in total. The van der Waals surface area contributed by atoms with Crippen LogP contribution in [0, 0.1) is 5.41 Å². The topological polar surface area (TPSA) is 88.2 Å². The van der Waals surface area contributed by atoms with E-state index in [4.69, 9.17) is 15.9 Å². The first-order valence-corrected chi connectivity index (χ1v) is 5.36. The number of carbonyl (C=O) groups excluding carboxylic acids is 1. The average molecular weight is 235 g/mol. The number of nitrogens with one attached hydrogen (secondary N) is 2. The predicted molar refractivity (Wildman–Crippen MR) is 65.6 cm³/mol. The second-order valence-corrected chi connectivity index (χ2v) is 3.57. The Labute approximate surface area is 100 Å². The number of carbonyl (C=O) groups is 1. The van der Waals surface area contributed by atoms with E-state index in [0.29, 0.717) is 0 Å².